The van der Waals surface area contributed by atoms with Crippen molar-refractivity contribution >= 4 is 34.6 Å². The Kier molecular flexibility index (Phi) is 10.1. The van der Waals surface area contributed by atoms with Gasteiger partial charge in [0.05, 0.1) is 13.7 Å². The molecule has 14 heteroatoms. The first-order chi connectivity index (χ1) is 21.1. The van der Waals surface area contributed by atoms with Crippen LogP contribution >= 0.6 is 0 Å². The molecule has 0 aliphatic rings. The molecule has 4 rings (SSSR count). The van der Waals surface area contributed by atoms with Crippen LogP contribution in [-0.2, 0) is 20.9 Å². The number of aromatic nitrogens is 3. The highest BCUT2D eigenvalue weighted by atomic mass is 19.1. The molecule has 44 heavy (non-hydrogen) atoms. The molecule has 0 radical (unpaired) electrons. The Balaban J connectivity index is 1.54. The molecule has 2 heterocycles. The molecule has 2 aromatic heterocycles. The minimum Gasteiger partial charge on any atom is -0.453 e. The van der Waals surface area contributed by atoms with Crippen molar-refractivity contribution in [1.29, 1.82) is 0 Å². The number of benzene rings is 2. The zero-order chi connectivity index (χ0) is 31.8. The molecule has 0 bridgehead atoms. The van der Waals surface area contributed by atoms with Gasteiger partial charge in [-0.1, -0.05) is 24.3 Å². The summed E-state index contributed by atoms with van der Waals surface area (Å²) in [6.07, 6.45) is 3.86. The van der Waals surface area contributed by atoms with E-state index in [4.69, 9.17) is 4.74 Å². The lowest BCUT2D eigenvalue weighted by Gasteiger charge is -2.17. The smallest absolute Gasteiger partial charge is 0.407 e. The Morgan fingerprint density at radius 2 is 1.86 bits per heavy atom. The van der Waals surface area contributed by atoms with Gasteiger partial charge in [-0.3, -0.25) is 14.4 Å². The average molecular weight is 609 g/mol. The van der Waals surface area contributed by atoms with Crippen LogP contribution in [0.5, 0.6) is 11.5 Å². The number of hydrogen-bond donors (Lipinski definition) is 3. The number of likely N-dealkylation sites (N-methyl/N-ethyl adjacent to an activating group) is 1. The summed E-state index contributed by atoms with van der Waals surface area (Å²) < 4.78 is 40.8. The molecule has 3 amide bonds. The van der Waals surface area contributed by atoms with Gasteiger partial charge in [0.2, 0.25) is 11.8 Å². The van der Waals surface area contributed by atoms with E-state index in [2.05, 4.69) is 25.3 Å². The normalized spacial score (nSPS) is 11.8. The molecule has 4 aromatic rings. The monoisotopic (exact) mass is 608 g/mol. The number of methoxy groups -OCH3 is 1. The summed E-state index contributed by atoms with van der Waals surface area (Å²) in [7, 11) is 4.33. The van der Waals surface area contributed by atoms with Gasteiger partial charge in [-0.25, -0.2) is 18.6 Å². The number of halogens is 2. The summed E-state index contributed by atoms with van der Waals surface area (Å²) in [4.78, 5) is 58.3. The van der Waals surface area contributed by atoms with Gasteiger partial charge in [-0.15, -0.1) is 0 Å². The first kappa shape index (κ1) is 31.4. The number of carbonyl (C=O) groups is 3. The van der Waals surface area contributed by atoms with Crippen LogP contribution < -0.4 is 20.9 Å². The number of H-pyrrole nitrogens is 1. The number of pyridine rings is 1. The Morgan fingerprint density at radius 1 is 1.11 bits per heavy atom. The first-order valence-corrected chi connectivity index (χ1v) is 13.4. The van der Waals surface area contributed by atoms with Gasteiger partial charge in [0.1, 0.15) is 34.3 Å². The maximum absolute atomic E-state index is 14.7. The van der Waals surface area contributed by atoms with E-state index in [1.54, 1.807) is 50.5 Å². The highest BCUT2D eigenvalue weighted by molar-refractivity contribution is 5.96. The summed E-state index contributed by atoms with van der Waals surface area (Å²) in [6, 6.07) is 10.8. The van der Waals surface area contributed by atoms with Crippen molar-refractivity contribution < 1.29 is 32.6 Å². The number of allylic oxidation sites excluding steroid dienone is 1. The summed E-state index contributed by atoms with van der Waals surface area (Å²) >= 11 is 0. The molecule has 2 aromatic carbocycles. The first-order valence-electron chi connectivity index (χ1n) is 13.4. The number of anilines is 1. The van der Waals surface area contributed by atoms with Crippen molar-refractivity contribution in [2.24, 2.45) is 0 Å². The van der Waals surface area contributed by atoms with Crippen LogP contribution in [0, 0.1) is 11.6 Å². The third kappa shape index (κ3) is 7.65. The third-order valence-corrected chi connectivity index (χ3v) is 6.35. The van der Waals surface area contributed by atoms with E-state index in [0.717, 1.165) is 7.11 Å². The van der Waals surface area contributed by atoms with E-state index in [9.17, 15) is 28.0 Å². The minimum atomic E-state index is -1.09. The van der Waals surface area contributed by atoms with Crippen LogP contribution in [0.3, 0.4) is 0 Å². The zero-order valence-electron chi connectivity index (χ0n) is 24.1. The number of imidazole rings is 1. The summed E-state index contributed by atoms with van der Waals surface area (Å²) in [6.45, 7) is -0.183. The molecule has 0 aliphatic carbocycles. The van der Waals surface area contributed by atoms with Crippen LogP contribution in [0.4, 0.5) is 19.3 Å². The van der Waals surface area contributed by atoms with Crippen molar-refractivity contribution in [3.05, 3.63) is 94.7 Å². The summed E-state index contributed by atoms with van der Waals surface area (Å²) in [5.74, 6) is -2.60. The van der Waals surface area contributed by atoms with Crippen molar-refractivity contribution in [2.45, 2.75) is 25.4 Å². The van der Waals surface area contributed by atoms with Gasteiger partial charge in [-0.05, 0) is 43.2 Å². The van der Waals surface area contributed by atoms with Crippen molar-refractivity contribution in [3.63, 3.8) is 0 Å². The Bertz CT molecular complexity index is 1750. The number of fused-ring (bicyclic) bond motifs is 1. The van der Waals surface area contributed by atoms with Crippen molar-refractivity contribution in [2.75, 3.05) is 26.5 Å². The van der Waals surface area contributed by atoms with Crippen LogP contribution in [0.1, 0.15) is 18.7 Å². The number of nitrogens with zero attached hydrogens (tertiary/aromatic N) is 3. The fraction of sp³-hybridized carbons (Fsp3) is 0.233. The molecule has 0 aliphatic heterocycles. The number of rotatable bonds is 11. The fourth-order valence-corrected chi connectivity index (χ4v) is 4.11. The fourth-order valence-electron chi connectivity index (χ4n) is 4.11. The second-order valence-electron chi connectivity index (χ2n) is 9.74. The second kappa shape index (κ2) is 14.1. The van der Waals surface area contributed by atoms with Gasteiger partial charge in [-0.2, -0.15) is 0 Å². The lowest BCUT2D eigenvalue weighted by atomic mass is 10.1. The van der Waals surface area contributed by atoms with E-state index < -0.39 is 35.2 Å². The number of ether oxygens (including phenoxy) is 2. The van der Waals surface area contributed by atoms with Crippen LogP contribution in [0.15, 0.2) is 71.7 Å². The van der Waals surface area contributed by atoms with Crippen molar-refractivity contribution in [3.8, 4) is 11.5 Å². The van der Waals surface area contributed by atoms with Gasteiger partial charge in [0, 0.05) is 26.4 Å². The number of para-hydroxylation sites is 1. The summed E-state index contributed by atoms with van der Waals surface area (Å²) in [5, 5.41) is 4.93. The average Bonchev–Trinajstić information content (AvgIpc) is 3.43. The topological polar surface area (TPSA) is 148 Å². The Labute approximate surface area is 250 Å². The van der Waals surface area contributed by atoms with E-state index in [-0.39, 0.29) is 53.6 Å². The number of aromatic amines is 1. The standard InChI is InChI=1S/C30H30F2N6O6/c1-37(2)24(39)14-8-7-12-21(34-30(42)43-3)28(40)33-22-13-9-15-38(29(22)41)17-23-35-25-19(31)16-20(32)27(26(25)36-23)44-18-10-5-4-6-11-18/h4-6,8-11,13-16,21H,7,12,17H2,1-3H3,(H,33,40)(H,34,42)(H,35,36)/b14-8+/t21-/m0/s1. The molecular formula is C30H30F2N6O6. The second-order valence-corrected chi connectivity index (χ2v) is 9.74. The van der Waals surface area contributed by atoms with E-state index in [1.807, 2.05) is 0 Å². The maximum atomic E-state index is 14.7. The quantitative estimate of drug-likeness (QED) is 0.219. The van der Waals surface area contributed by atoms with Crippen LogP contribution in [0.25, 0.3) is 11.0 Å². The molecule has 0 unspecified atom stereocenters. The molecule has 0 saturated carbocycles. The number of alkyl carbamates (subject to hydrolysis) is 1. The summed E-state index contributed by atoms with van der Waals surface area (Å²) in [5.41, 5.74) is -0.934. The predicted octanol–water partition coefficient (Wildman–Crippen LogP) is 3.93. The van der Waals surface area contributed by atoms with E-state index in [0.29, 0.717) is 11.8 Å². The number of hydrogen-bond acceptors (Lipinski definition) is 7. The van der Waals surface area contributed by atoms with E-state index >= 15 is 0 Å². The maximum Gasteiger partial charge on any atom is 0.407 e. The van der Waals surface area contributed by atoms with Crippen molar-refractivity contribution in [1.82, 2.24) is 24.8 Å². The Morgan fingerprint density at radius 3 is 2.57 bits per heavy atom. The van der Waals surface area contributed by atoms with Crippen LogP contribution in [-0.4, -0.2) is 64.6 Å². The lowest BCUT2D eigenvalue weighted by Crippen LogP contribution is -2.44. The molecule has 3 N–H and O–H groups in total. The molecule has 0 saturated heterocycles. The molecule has 12 nitrogen and oxygen atoms in total. The highest BCUT2D eigenvalue weighted by Crippen LogP contribution is 2.33. The SMILES string of the molecule is COC(=O)N[C@@H](CC/C=C/C(=O)N(C)C)C(=O)Nc1cccn(Cc2nc3c(F)cc(F)c(Oc4ccccc4)c3[nH]2)c1=O. The molecular weight excluding hydrogens is 578 g/mol. The van der Waals surface area contributed by atoms with Gasteiger partial charge >= 0.3 is 6.09 Å². The van der Waals surface area contributed by atoms with Crippen LogP contribution in [0.2, 0.25) is 0 Å². The molecule has 0 fully saturated rings. The number of nitrogens with one attached hydrogen (secondary N) is 3. The third-order valence-electron chi connectivity index (χ3n) is 6.35. The van der Waals surface area contributed by atoms with Gasteiger partial charge < -0.3 is 34.6 Å². The number of amides is 3. The minimum absolute atomic E-state index is 0.0306. The lowest BCUT2D eigenvalue weighted by molar-refractivity contribution is -0.123. The molecule has 1 atom stereocenters. The van der Waals surface area contributed by atoms with E-state index in [1.165, 1.54) is 33.9 Å². The largest absolute Gasteiger partial charge is 0.453 e. The Hall–Kier alpha value is -5.53. The van der Waals surface area contributed by atoms with Gasteiger partial charge in [0.25, 0.3) is 5.56 Å². The molecule has 0 spiro atoms. The number of carbonyl (C=O) groups excluding carboxylic acids is 3. The predicted molar refractivity (Wildman–Crippen MR) is 157 cm³/mol. The zero-order valence-corrected chi connectivity index (χ0v) is 24.1. The van der Waals surface area contributed by atoms with Gasteiger partial charge in [0.15, 0.2) is 17.4 Å². The highest BCUT2D eigenvalue weighted by Gasteiger charge is 2.23. The molecule has 230 valence electrons.